The Bertz CT molecular complexity index is 636. The third-order valence-electron chi connectivity index (χ3n) is 3.25. The fourth-order valence-corrected chi connectivity index (χ4v) is 2.87. The van der Waals surface area contributed by atoms with Gasteiger partial charge >= 0.3 is 0 Å². The normalized spacial score (nSPS) is 10.9. The van der Waals surface area contributed by atoms with Gasteiger partial charge in [0.1, 0.15) is 5.75 Å². The molecule has 1 N–H and O–H groups in total. The molecular formula is C18H21Cl2NO2. The largest absolute Gasteiger partial charge is 0.496 e. The maximum Gasteiger partial charge on any atom is 0.156 e. The van der Waals surface area contributed by atoms with Crippen LogP contribution in [0.15, 0.2) is 36.4 Å². The van der Waals surface area contributed by atoms with Gasteiger partial charge in [-0.25, -0.2) is 0 Å². The Labute approximate surface area is 147 Å². The molecule has 0 amide bonds. The van der Waals surface area contributed by atoms with Crippen LogP contribution in [0.5, 0.6) is 11.5 Å². The van der Waals surface area contributed by atoms with Crippen LogP contribution in [0.1, 0.15) is 25.0 Å². The molecule has 0 unspecified atom stereocenters. The monoisotopic (exact) mass is 353 g/mol. The molecule has 23 heavy (non-hydrogen) atoms. The molecule has 0 saturated heterocycles. The lowest BCUT2D eigenvalue weighted by Gasteiger charge is -2.15. The van der Waals surface area contributed by atoms with Crippen LogP contribution < -0.4 is 14.8 Å². The van der Waals surface area contributed by atoms with Crippen LogP contribution in [0, 0.1) is 0 Å². The lowest BCUT2D eigenvalue weighted by atomic mass is 10.1. The first-order chi connectivity index (χ1) is 11.0. The summed E-state index contributed by atoms with van der Waals surface area (Å²) in [6.07, 6.45) is 0.0273. The summed E-state index contributed by atoms with van der Waals surface area (Å²) in [6, 6.07) is 11.7. The summed E-state index contributed by atoms with van der Waals surface area (Å²) >= 11 is 12.5. The number of halogens is 2. The molecule has 2 aromatic carbocycles. The van der Waals surface area contributed by atoms with E-state index in [1.54, 1.807) is 7.11 Å². The van der Waals surface area contributed by atoms with E-state index in [0.717, 1.165) is 16.9 Å². The van der Waals surface area contributed by atoms with Crippen molar-refractivity contribution in [1.29, 1.82) is 0 Å². The highest BCUT2D eigenvalue weighted by Crippen LogP contribution is 2.35. The van der Waals surface area contributed by atoms with Crippen molar-refractivity contribution in [3.05, 3.63) is 57.6 Å². The van der Waals surface area contributed by atoms with Crippen molar-refractivity contribution in [3.8, 4) is 11.5 Å². The van der Waals surface area contributed by atoms with Crippen LogP contribution in [0.3, 0.4) is 0 Å². The molecule has 2 aromatic rings. The van der Waals surface area contributed by atoms with Gasteiger partial charge in [0.05, 0.1) is 23.3 Å². The van der Waals surface area contributed by atoms with Crippen LogP contribution in [0.2, 0.25) is 10.0 Å². The van der Waals surface area contributed by atoms with Crippen molar-refractivity contribution in [2.75, 3.05) is 7.11 Å². The molecule has 2 rings (SSSR count). The molecule has 0 aliphatic heterocycles. The maximum atomic E-state index is 6.27. The second-order valence-corrected chi connectivity index (χ2v) is 6.28. The first-order valence-corrected chi connectivity index (χ1v) is 8.24. The van der Waals surface area contributed by atoms with Gasteiger partial charge in [-0.1, -0.05) is 41.4 Å². The average molecular weight is 354 g/mol. The fraction of sp³-hybridized carbons (Fsp3) is 0.333. The first kappa shape index (κ1) is 17.9. The molecule has 0 bridgehead atoms. The van der Waals surface area contributed by atoms with Gasteiger partial charge in [0, 0.05) is 18.7 Å². The fourth-order valence-electron chi connectivity index (χ4n) is 2.25. The minimum atomic E-state index is 0.0273. The highest BCUT2D eigenvalue weighted by Gasteiger charge is 2.11. The van der Waals surface area contributed by atoms with Gasteiger partial charge in [-0.3, -0.25) is 0 Å². The third kappa shape index (κ3) is 5.03. The number of hydrogen-bond donors (Lipinski definition) is 1. The highest BCUT2D eigenvalue weighted by atomic mass is 35.5. The van der Waals surface area contributed by atoms with Crippen molar-refractivity contribution < 1.29 is 9.47 Å². The van der Waals surface area contributed by atoms with Crippen molar-refractivity contribution in [2.24, 2.45) is 0 Å². The predicted molar refractivity (Wildman–Crippen MR) is 95.8 cm³/mol. The zero-order chi connectivity index (χ0) is 16.8. The van der Waals surface area contributed by atoms with E-state index in [1.165, 1.54) is 0 Å². The van der Waals surface area contributed by atoms with Crippen molar-refractivity contribution >= 4 is 23.2 Å². The zero-order valence-electron chi connectivity index (χ0n) is 13.5. The Hall–Kier alpha value is -1.42. The summed E-state index contributed by atoms with van der Waals surface area (Å²) in [6.45, 7) is 5.23. The van der Waals surface area contributed by atoms with Crippen LogP contribution in [0.4, 0.5) is 0 Å². The van der Waals surface area contributed by atoms with Gasteiger partial charge in [-0.05, 0) is 37.6 Å². The summed E-state index contributed by atoms with van der Waals surface area (Å²) in [4.78, 5) is 0. The third-order valence-corrected chi connectivity index (χ3v) is 3.81. The van der Waals surface area contributed by atoms with E-state index in [1.807, 2.05) is 50.2 Å². The standard InChI is InChI=1S/C18H21Cl2NO2/c1-12(2)23-18-15(19)8-13(9-16(18)20)10-21-11-14-6-4-5-7-17(14)22-3/h4-9,12,21H,10-11H2,1-3H3. The molecule has 0 saturated carbocycles. The summed E-state index contributed by atoms with van der Waals surface area (Å²) in [5, 5.41) is 4.43. The number of hydrogen-bond acceptors (Lipinski definition) is 3. The second-order valence-electron chi connectivity index (χ2n) is 5.47. The lowest BCUT2D eigenvalue weighted by molar-refractivity contribution is 0.242. The predicted octanol–water partition coefficient (Wildman–Crippen LogP) is 5.08. The number of benzene rings is 2. The molecule has 0 atom stereocenters. The molecule has 0 aliphatic carbocycles. The van der Waals surface area contributed by atoms with Crippen LogP contribution in [0.25, 0.3) is 0 Å². The number of para-hydroxylation sites is 1. The van der Waals surface area contributed by atoms with E-state index in [-0.39, 0.29) is 6.10 Å². The molecule has 0 spiro atoms. The molecule has 124 valence electrons. The second kappa shape index (κ2) is 8.44. The molecule has 5 heteroatoms. The zero-order valence-corrected chi connectivity index (χ0v) is 15.0. The number of methoxy groups -OCH3 is 1. The smallest absolute Gasteiger partial charge is 0.156 e. The van der Waals surface area contributed by atoms with E-state index in [0.29, 0.717) is 28.9 Å². The molecule has 0 aliphatic rings. The molecular weight excluding hydrogens is 333 g/mol. The van der Waals surface area contributed by atoms with E-state index in [2.05, 4.69) is 5.32 Å². The van der Waals surface area contributed by atoms with E-state index >= 15 is 0 Å². The number of rotatable bonds is 7. The topological polar surface area (TPSA) is 30.5 Å². The molecule has 0 heterocycles. The van der Waals surface area contributed by atoms with Gasteiger partial charge in [-0.2, -0.15) is 0 Å². The van der Waals surface area contributed by atoms with Crippen LogP contribution >= 0.6 is 23.2 Å². The SMILES string of the molecule is COc1ccccc1CNCc1cc(Cl)c(OC(C)C)c(Cl)c1. The number of nitrogens with one attached hydrogen (secondary N) is 1. The summed E-state index contributed by atoms with van der Waals surface area (Å²) in [7, 11) is 1.67. The van der Waals surface area contributed by atoms with Crippen molar-refractivity contribution in [1.82, 2.24) is 5.32 Å². The Morgan fingerprint density at radius 2 is 1.70 bits per heavy atom. The minimum Gasteiger partial charge on any atom is -0.496 e. The van der Waals surface area contributed by atoms with E-state index in [4.69, 9.17) is 32.7 Å². The quantitative estimate of drug-likeness (QED) is 0.752. The summed E-state index contributed by atoms with van der Waals surface area (Å²) in [5.74, 6) is 1.41. The summed E-state index contributed by atoms with van der Waals surface area (Å²) < 4.78 is 11.0. The molecule has 0 aromatic heterocycles. The van der Waals surface area contributed by atoms with Gasteiger partial charge in [0.15, 0.2) is 5.75 Å². The molecule has 3 nitrogen and oxygen atoms in total. The number of ether oxygens (including phenoxy) is 2. The van der Waals surface area contributed by atoms with E-state index in [9.17, 15) is 0 Å². The van der Waals surface area contributed by atoms with Gasteiger partial charge in [0.25, 0.3) is 0 Å². The van der Waals surface area contributed by atoms with E-state index < -0.39 is 0 Å². The molecule has 0 fully saturated rings. The van der Waals surface area contributed by atoms with Crippen molar-refractivity contribution in [2.45, 2.75) is 33.0 Å². The Morgan fingerprint density at radius 1 is 1.04 bits per heavy atom. The first-order valence-electron chi connectivity index (χ1n) is 7.48. The maximum absolute atomic E-state index is 6.27. The average Bonchev–Trinajstić information content (AvgIpc) is 2.51. The Balaban J connectivity index is 2.01. The lowest BCUT2D eigenvalue weighted by Crippen LogP contribution is -2.13. The highest BCUT2D eigenvalue weighted by molar-refractivity contribution is 6.37. The minimum absolute atomic E-state index is 0.0273. The van der Waals surface area contributed by atoms with Crippen molar-refractivity contribution in [3.63, 3.8) is 0 Å². The summed E-state index contributed by atoms with van der Waals surface area (Å²) in [5.41, 5.74) is 2.11. The Kier molecular flexibility index (Phi) is 6.58. The van der Waals surface area contributed by atoms with Crippen LogP contribution in [-0.2, 0) is 13.1 Å². The molecule has 0 radical (unpaired) electrons. The Morgan fingerprint density at radius 3 is 2.30 bits per heavy atom. The van der Waals surface area contributed by atoms with Gasteiger partial charge in [0.2, 0.25) is 0 Å². The van der Waals surface area contributed by atoms with Crippen LogP contribution in [-0.4, -0.2) is 13.2 Å². The van der Waals surface area contributed by atoms with Gasteiger partial charge < -0.3 is 14.8 Å². The van der Waals surface area contributed by atoms with Gasteiger partial charge in [-0.15, -0.1) is 0 Å².